The number of benzene rings is 2. The van der Waals surface area contributed by atoms with Crippen LogP contribution in [0.2, 0.25) is 0 Å². The van der Waals surface area contributed by atoms with Crippen LogP contribution >= 0.6 is 0 Å². The van der Waals surface area contributed by atoms with Crippen molar-refractivity contribution in [2.45, 2.75) is 37.6 Å². The fourth-order valence-corrected chi connectivity index (χ4v) is 3.31. The van der Waals surface area contributed by atoms with Gasteiger partial charge in [0.05, 0.1) is 19.3 Å². The van der Waals surface area contributed by atoms with Gasteiger partial charge in [0.1, 0.15) is 0 Å². The van der Waals surface area contributed by atoms with Gasteiger partial charge in [-0.05, 0) is 35.1 Å². The van der Waals surface area contributed by atoms with Gasteiger partial charge in [-0.25, -0.2) is 0 Å². The number of aliphatic hydroxyl groups excluding tert-OH is 1. The zero-order valence-electron chi connectivity index (χ0n) is 11.4. The fourth-order valence-electron chi connectivity index (χ4n) is 3.31. The Labute approximate surface area is 119 Å². The smallest absolute Gasteiger partial charge is 0.0886 e. The Bertz CT molecular complexity index is 629. The van der Waals surface area contributed by atoms with Gasteiger partial charge in [-0.2, -0.15) is 0 Å². The van der Waals surface area contributed by atoms with Gasteiger partial charge in [0.15, 0.2) is 0 Å². The Hall–Kier alpha value is -1.64. The average molecular weight is 266 g/mol. The van der Waals surface area contributed by atoms with Gasteiger partial charge in [0.25, 0.3) is 0 Å². The summed E-state index contributed by atoms with van der Waals surface area (Å²) in [5.74, 6) is 0. The van der Waals surface area contributed by atoms with Gasteiger partial charge >= 0.3 is 0 Å². The van der Waals surface area contributed by atoms with Gasteiger partial charge in [-0.3, -0.25) is 0 Å². The van der Waals surface area contributed by atoms with Crippen molar-refractivity contribution in [2.24, 2.45) is 0 Å². The third kappa shape index (κ3) is 1.80. The van der Waals surface area contributed by atoms with Crippen molar-refractivity contribution >= 4 is 0 Å². The number of aliphatic hydroxyl groups is 1. The highest BCUT2D eigenvalue weighted by Crippen LogP contribution is 2.56. The molecule has 4 rings (SSSR count). The topological polar surface area (TPSA) is 29.5 Å². The highest BCUT2D eigenvalue weighted by Gasteiger charge is 2.50. The molecule has 1 atom stereocenters. The average Bonchev–Trinajstić information content (AvgIpc) is 3.18. The Morgan fingerprint density at radius 1 is 0.950 bits per heavy atom. The van der Waals surface area contributed by atoms with E-state index in [1.54, 1.807) is 0 Å². The molecule has 20 heavy (non-hydrogen) atoms. The SMILES string of the molecule is OC(c1ccc2c(c1)COC2)C1(c2ccccc2)CC1. The van der Waals surface area contributed by atoms with Crippen LogP contribution in [0, 0.1) is 0 Å². The van der Waals surface area contributed by atoms with E-state index >= 15 is 0 Å². The van der Waals surface area contributed by atoms with Crippen LogP contribution < -0.4 is 0 Å². The molecule has 0 aromatic heterocycles. The summed E-state index contributed by atoms with van der Waals surface area (Å²) in [7, 11) is 0. The van der Waals surface area contributed by atoms with Crippen molar-refractivity contribution < 1.29 is 9.84 Å². The molecule has 0 radical (unpaired) electrons. The molecule has 0 saturated heterocycles. The van der Waals surface area contributed by atoms with Gasteiger partial charge in [0.2, 0.25) is 0 Å². The van der Waals surface area contributed by atoms with Crippen LogP contribution in [-0.4, -0.2) is 5.11 Å². The molecule has 0 bridgehead atoms. The zero-order valence-corrected chi connectivity index (χ0v) is 11.4. The Morgan fingerprint density at radius 2 is 1.70 bits per heavy atom. The lowest BCUT2D eigenvalue weighted by atomic mass is 9.85. The van der Waals surface area contributed by atoms with Crippen molar-refractivity contribution in [3.05, 3.63) is 70.8 Å². The summed E-state index contributed by atoms with van der Waals surface area (Å²) in [6.07, 6.45) is 1.70. The van der Waals surface area contributed by atoms with Crippen LogP contribution in [0.3, 0.4) is 0 Å². The second-order valence-electron chi connectivity index (χ2n) is 5.95. The quantitative estimate of drug-likeness (QED) is 0.921. The predicted octanol–water partition coefficient (Wildman–Crippen LogP) is 3.48. The van der Waals surface area contributed by atoms with Crippen molar-refractivity contribution in [1.82, 2.24) is 0 Å². The zero-order chi connectivity index (χ0) is 13.6. The minimum Gasteiger partial charge on any atom is -0.387 e. The van der Waals surface area contributed by atoms with E-state index in [0.29, 0.717) is 13.2 Å². The van der Waals surface area contributed by atoms with Crippen molar-refractivity contribution in [3.63, 3.8) is 0 Å². The molecular formula is C18H18O2. The Balaban J connectivity index is 1.69. The number of hydrogen-bond donors (Lipinski definition) is 1. The summed E-state index contributed by atoms with van der Waals surface area (Å²) in [5, 5.41) is 10.9. The molecule has 2 nitrogen and oxygen atoms in total. The van der Waals surface area contributed by atoms with E-state index in [-0.39, 0.29) is 5.41 Å². The molecule has 102 valence electrons. The lowest BCUT2D eigenvalue weighted by Crippen LogP contribution is -2.18. The second-order valence-corrected chi connectivity index (χ2v) is 5.95. The lowest BCUT2D eigenvalue weighted by molar-refractivity contribution is 0.131. The highest BCUT2D eigenvalue weighted by molar-refractivity contribution is 5.40. The molecule has 1 heterocycles. The first-order valence-electron chi connectivity index (χ1n) is 7.23. The van der Waals surface area contributed by atoms with E-state index in [0.717, 1.165) is 18.4 Å². The van der Waals surface area contributed by atoms with Crippen LogP contribution in [0.4, 0.5) is 0 Å². The molecule has 1 fully saturated rings. The maximum Gasteiger partial charge on any atom is 0.0886 e. The van der Waals surface area contributed by atoms with E-state index in [1.807, 2.05) is 6.07 Å². The summed E-state index contributed by atoms with van der Waals surface area (Å²) < 4.78 is 5.45. The molecule has 0 spiro atoms. The Morgan fingerprint density at radius 3 is 2.45 bits per heavy atom. The van der Waals surface area contributed by atoms with Crippen LogP contribution in [0.15, 0.2) is 48.5 Å². The molecule has 2 heteroatoms. The van der Waals surface area contributed by atoms with Gasteiger partial charge in [-0.1, -0.05) is 48.5 Å². The number of hydrogen-bond acceptors (Lipinski definition) is 2. The predicted molar refractivity (Wildman–Crippen MR) is 77.2 cm³/mol. The third-order valence-electron chi connectivity index (χ3n) is 4.72. The first-order valence-corrected chi connectivity index (χ1v) is 7.23. The van der Waals surface area contributed by atoms with E-state index in [2.05, 4.69) is 42.5 Å². The summed E-state index contributed by atoms with van der Waals surface area (Å²) >= 11 is 0. The number of ether oxygens (including phenoxy) is 1. The second kappa shape index (κ2) is 4.44. The van der Waals surface area contributed by atoms with Crippen molar-refractivity contribution in [3.8, 4) is 0 Å². The monoisotopic (exact) mass is 266 g/mol. The largest absolute Gasteiger partial charge is 0.387 e. The molecule has 1 unspecified atom stereocenters. The number of rotatable bonds is 3. The van der Waals surface area contributed by atoms with Crippen LogP contribution in [0.1, 0.15) is 41.2 Å². The van der Waals surface area contributed by atoms with Gasteiger partial charge < -0.3 is 9.84 Å². The van der Waals surface area contributed by atoms with E-state index in [1.165, 1.54) is 16.7 Å². The van der Waals surface area contributed by atoms with E-state index in [9.17, 15) is 5.11 Å². The maximum absolute atomic E-state index is 10.9. The minimum atomic E-state index is -0.421. The standard InChI is InChI=1S/C18H18O2/c19-17(13-6-7-14-11-20-12-15(14)10-13)18(8-9-18)16-4-2-1-3-5-16/h1-7,10,17,19H,8-9,11-12H2. The van der Waals surface area contributed by atoms with Crippen molar-refractivity contribution in [2.75, 3.05) is 0 Å². The highest BCUT2D eigenvalue weighted by atomic mass is 16.5. The van der Waals surface area contributed by atoms with Crippen LogP contribution in [-0.2, 0) is 23.4 Å². The molecule has 2 aromatic carbocycles. The van der Waals surface area contributed by atoms with E-state index < -0.39 is 6.10 Å². The molecular weight excluding hydrogens is 248 g/mol. The minimum absolute atomic E-state index is 0.0744. The first-order chi connectivity index (χ1) is 9.79. The molecule has 1 N–H and O–H groups in total. The molecule has 2 aromatic rings. The molecule has 1 saturated carbocycles. The van der Waals surface area contributed by atoms with Gasteiger partial charge in [-0.15, -0.1) is 0 Å². The normalized spacial score (nSPS) is 20.4. The Kier molecular flexibility index (Phi) is 2.69. The van der Waals surface area contributed by atoms with Crippen LogP contribution in [0.5, 0.6) is 0 Å². The molecule has 2 aliphatic rings. The summed E-state index contributed by atoms with van der Waals surface area (Å²) in [6.45, 7) is 1.38. The van der Waals surface area contributed by atoms with Crippen molar-refractivity contribution in [1.29, 1.82) is 0 Å². The molecule has 0 amide bonds. The molecule has 1 aliphatic heterocycles. The third-order valence-corrected chi connectivity index (χ3v) is 4.72. The summed E-state index contributed by atoms with van der Waals surface area (Å²) in [5.41, 5.74) is 4.69. The fraction of sp³-hybridized carbons (Fsp3) is 0.333. The number of fused-ring (bicyclic) bond motifs is 1. The maximum atomic E-state index is 10.9. The lowest BCUT2D eigenvalue weighted by Gasteiger charge is -2.23. The summed E-state index contributed by atoms with van der Waals surface area (Å²) in [6, 6.07) is 16.7. The first kappa shape index (κ1) is 12.1. The van der Waals surface area contributed by atoms with Crippen LogP contribution in [0.25, 0.3) is 0 Å². The molecule has 1 aliphatic carbocycles. The van der Waals surface area contributed by atoms with E-state index in [4.69, 9.17) is 4.74 Å². The summed E-state index contributed by atoms with van der Waals surface area (Å²) in [4.78, 5) is 0. The van der Waals surface area contributed by atoms with Gasteiger partial charge in [0, 0.05) is 5.41 Å².